The molecule has 3 N–H and O–H groups in total. The van der Waals surface area contributed by atoms with Crippen LogP contribution in [0.25, 0.3) is 0 Å². The van der Waals surface area contributed by atoms with Gasteiger partial charge in [-0.3, -0.25) is 4.21 Å². The smallest absolute Gasteiger partial charge is 0.323 e. The highest BCUT2D eigenvalue weighted by Crippen LogP contribution is 2.15. The van der Waals surface area contributed by atoms with Gasteiger partial charge in [0.05, 0.1) is 0 Å². The van der Waals surface area contributed by atoms with Crippen molar-refractivity contribution in [2.75, 3.05) is 15.4 Å². The van der Waals surface area contributed by atoms with E-state index in [9.17, 15) is 13.6 Å². The molecule has 2 amide bonds. The number of carbonyl (C=O) groups is 1. The zero-order valence-corrected chi connectivity index (χ0v) is 11.1. The number of para-hydroxylation sites is 1. The number of carbonyl (C=O) groups excluding carboxylic acids is 1. The van der Waals surface area contributed by atoms with E-state index in [0.29, 0.717) is 17.1 Å². The fourth-order valence-electron chi connectivity index (χ4n) is 1.57. The normalized spacial score (nSPS) is 11.4. The van der Waals surface area contributed by atoms with Crippen LogP contribution in [0.3, 0.4) is 0 Å². The molecule has 104 valence electrons. The summed E-state index contributed by atoms with van der Waals surface area (Å²) in [6.45, 7) is 0. The van der Waals surface area contributed by atoms with Crippen LogP contribution in [0, 0.1) is 0 Å². The van der Waals surface area contributed by atoms with Gasteiger partial charge in [-0.15, -0.1) is 0 Å². The van der Waals surface area contributed by atoms with Crippen LogP contribution in [0.1, 0.15) is 0 Å². The summed E-state index contributed by atoms with van der Waals surface area (Å²) < 4.78 is 23.3. The van der Waals surface area contributed by atoms with Crippen molar-refractivity contribution in [3.63, 3.8) is 0 Å². The molecule has 2 rings (SSSR count). The highest BCUT2D eigenvalue weighted by Gasteiger charge is 2.02. The molecular formula is C13H12N3O3S-. The first-order chi connectivity index (χ1) is 9.63. The van der Waals surface area contributed by atoms with Gasteiger partial charge in [0.25, 0.3) is 0 Å². The summed E-state index contributed by atoms with van der Waals surface area (Å²) in [5.74, 6) is 0. The van der Waals surface area contributed by atoms with Gasteiger partial charge in [-0.05, 0) is 30.3 Å². The standard InChI is InChI=1S/C13H13N3O3S/c17-13(14-10-5-2-1-3-6-10)15-11-7-4-8-12(9-11)16-20(18)19/h1-9,16H,(H,18,19)(H2,14,15,17)/p-1. The van der Waals surface area contributed by atoms with Crippen molar-refractivity contribution < 1.29 is 13.6 Å². The maximum absolute atomic E-state index is 11.8. The summed E-state index contributed by atoms with van der Waals surface area (Å²) in [6.07, 6.45) is 0. The summed E-state index contributed by atoms with van der Waals surface area (Å²) in [5.41, 5.74) is 1.52. The van der Waals surface area contributed by atoms with Gasteiger partial charge in [0.15, 0.2) is 0 Å². The van der Waals surface area contributed by atoms with Crippen molar-refractivity contribution >= 4 is 34.4 Å². The Bertz CT molecular complexity index is 619. The van der Waals surface area contributed by atoms with Gasteiger partial charge in [-0.25, -0.2) is 4.79 Å². The number of hydrogen-bond acceptors (Lipinski definition) is 3. The van der Waals surface area contributed by atoms with E-state index < -0.39 is 17.3 Å². The number of amides is 2. The lowest BCUT2D eigenvalue weighted by Gasteiger charge is -2.11. The number of urea groups is 1. The molecule has 20 heavy (non-hydrogen) atoms. The lowest BCUT2D eigenvalue weighted by Crippen LogP contribution is -2.19. The lowest BCUT2D eigenvalue weighted by atomic mass is 10.3. The van der Waals surface area contributed by atoms with Crippen molar-refractivity contribution in [3.05, 3.63) is 54.6 Å². The Balaban J connectivity index is 1.99. The molecule has 2 aromatic rings. The number of rotatable bonds is 4. The van der Waals surface area contributed by atoms with Crippen LogP contribution in [0.15, 0.2) is 54.6 Å². The second-order valence-electron chi connectivity index (χ2n) is 3.86. The first-order valence-corrected chi connectivity index (χ1v) is 6.80. The summed E-state index contributed by atoms with van der Waals surface area (Å²) in [6, 6.07) is 15.0. The number of nitrogens with one attached hydrogen (secondary N) is 3. The zero-order valence-electron chi connectivity index (χ0n) is 10.3. The van der Waals surface area contributed by atoms with E-state index in [1.54, 1.807) is 30.3 Å². The molecule has 1 unspecified atom stereocenters. The summed E-state index contributed by atoms with van der Waals surface area (Å²) >= 11 is -2.40. The van der Waals surface area contributed by atoms with E-state index in [-0.39, 0.29) is 0 Å². The van der Waals surface area contributed by atoms with Gasteiger partial charge in [-0.2, -0.15) is 0 Å². The van der Waals surface area contributed by atoms with E-state index in [4.69, 9.17) is 0 Å². The molecule has 0 bridgehead atoms. The molecule has 0 saturated heterocycles. The van der Waals surface area contributed by atoms with Crippen LogP contribution in [0.5, 0.6) is 0 Å². The first kappa shape index (κ1) is 14.0. The number of benzene rings is 2. The van der Waals surface area contributed by atoms with Crippen molar-refractivity contribution in [2.45, 2.75) is 0 Å². The molecule has 6 nitrogen and oxygen atoms in total. The van der Waals surface area contributed by atoms with Crippen LogP contribution in [-0.4, -0.2) is 14.8 Å². The molecule has 2 aromatic carbocycles. The molecule has 0 spiro atoms. The largest absolute Gasteiger partial charge is 0.755 e. The number of anilines is 3. The SMILES string of the molecule is O=C(Nc1ccccc1)Nc1cccc(NS(=O)[O-])c1. The molecule has 0 fully saturated rings. The van der Waals surface area contributed by atoms with Crippen molar-refractivity contribution in [2.24, 2.45) is 0 Å². The molecule has 0 aromatic heterocycles. The predicted octanol–water partition coefficient (Wildman–Crippen LogP) is 2.54. The van der Waals surface area contributed by atoms with Gasteiger partial charge in [0.1, 0.15) is 0 Å². The van der Waals surface area contributed by atoms with Crippen molar-refractivity contribution in [3.8, 4) is 0 Å². The molecule has 1 atom stereocenters. The molecular weight excluding hydrogens is 278 g/mol. The Morgan fingerprint density at radius 1 is 0.900 bits per heavy atom. The first-order valence-electron chi connectivity index (χ1n) is 5.72. The third kappa shape index (κ3) is 4.38. The fourth-order valence-corrected chi connectivity index (χ4v) is 1.89. The molecule has 0 radical (unpaired) electrons. The van der Waals surface area contributed by atoms with Gasteiger partial charge in [0, 0.05) is 28.3 Å². The average molecular weight is 290 g/mol. The maximum atomic E-state index is 11.8. The van der Waals surface area contributed by atoms with Crippen LogP contribution in [0.4, 0.5) is 21.9 Å². The van der Waals surface area contributed by atoms with E-state index in [0.717, 1.165) is 0 Å². The molecule has 0 heterocycles. The second-order valence-corrected chi connectivity index (χ2v) is 4.54. The van der Waals surface area contributed by atoms with Gasteiger partial charge in [0.2, 0.25) is 0 Å². The fraction of sp³-hybridized carbons (Fsp3) is 0. The van der Waals surface area contributed by atoms with Crippen molar-refractivity contribution in [1.82, 2.24) is 0 Å². The summed E-state index contributed by atoms with van der Waals surface area (Å²) in [4.78, 5) is 11.8. The molecule has 0 aliphatic carbocycles. The second kappa shape index (κ2) is 6.69. The van der Waals surface area contributed by atoms with Crippen LogP contribution >= 0.6 is 0 Å². The summed E-state index contributed by atoms with van der Waals surface area (Å²) in [5, 5.41) is 5.27. The zero-order chi connectivity index (χ0) is 14.4. The molecule has 7 heteroatoms. The molecule has 0 aliphatic rings. The molecule has 0 saturated carbocycles. The van der Waals surface area contributed by atoms with Crippen molar-refractivity contribution in [1.29, 1.82) is 0 Å². The van der Waals surface area contributed by atoms with Crippen LogP contribution < -0.4 is 15.4 Å². The predicted molar refractivity (Wildman–Crippen MR) is 78.1 cm³/mol. The Labute approximate surface area is 118 Å². The Morgan fingerprint density at radius 3 is 2.20 bits per heavy atom. The van der Waals surface area contributed by atoms with Gasteiger partial charge in [-0.1, -0.05) is 24.3 Å². The third-order valence-electron chi connectivity index (χ3n) is 2.35. The van der Waals surface area contributed by atoms with E-state index in [1.165, 1.54) is 6.07 Å². The van der Waals surface area contributed by atoms with E-state index in [2.05, 4.69) is 15.4 Å². The Kier molecular flexibility index (Phi) is 4.70. The van der Waals surface area contributed by atoms with E-state index >= 15 is 0 Å². The monoisotopic (exact) mass is 290 g/mol. The van der Waals surface area contributed by atoms with Crippen LogP contribution in [-0.2, 0) is 11.3 Å². The Morgan fingerprint density at radius 2 is 1.50 bits per heavy atom. The highest BCUT2D eigenvalue weighted by atomic mass is 32.2. The molecule has 0 aliphatic heterocycles. The minimum atomic E-state index is -2.40. The summed E-state index contributed by atoms with van der Waals surface area (Å²) in [7, 11) is 0. The minimum absolute atomic E-state index is 0.371. The van der Waals surface area contributed by atoms with E-state index in [1.807, 2.05) is 18.2 Å². The third-order valence-corrected chi connectivity index (χ3v) is 2.76. The minimum Gasteiger partial charge on any atom is -0.755 e. The van der Waals surface area contributed by atoms with Gasteiger partial charge >= 0.3 is 6.03 Å². The topological polar surface area (TPSA) is 93.3 Å². The Hall–Kier alpha value is -2.38. The maximum Gasteiger partial charge on any atom is 0.323 e. The van der Waals surface area contributed by atoms with Gasteiger partial charge < -0.3 is 19.9 Å². The van der Waals surface area contributed by atoms with Crippen LogP contribution in [0.2, 0.25) is 0 Å². The number of hydrogen-bond donors (Lipinski definition) is 3. The lowest BCUT2D eigenvalue weighted by molar-refractivity contribution is 0.262. The average Bonchev–Trinajstić information content (AvgIpc) is 2.39. The highest BCUT2D eigenvalue weighted by molar-refractivity contribution is 7.80. The quantitative estimate of drug-likeness (QED) is 0.755.